The van der Waals surface area contributed by atoms with Gasteiger partial charge in [0.1, 0.15) is 5.75 Å². The van der Waals surface area contributed by atoms with Gasteiger partial charge in [0.25, 0.3) is 0 Å². The number of pyridine rings is 1. The zero-order valence-electron chi connectivity index (χ0n) is 10.5. The van der Waals surface area contributed by atoms with Crippen LogP contribution in [0.1, 0.15) is 5.56 Å². The Hall–Kier alpha value is -2.23. The van der Waals surface area contributed by atoms with E-state index in [0.717, 1.165) is 22.9 Å². The van der Waals surface area contributed by atoms with Crippen molar-refractivity contribution in [3.8, 4) is 11.5 Å². The lowest BCUT2D eigenvalue weighted by Crippen LogP contribution is -2.04. The third-order valence-corrected chi connectivity index (χ3v) is 2.63. The summed E-state index contributed by atoms with van der Waals surface area (Å²) in [7, 11) is 3.30. The molecule has 4 heteroatoms. The summed E-state index contributed by atoms with van der Waals surface area (Å²) in [5.74, 6) is 2.32. The minimum Gasteiger partial charge on any atom is -0.496 e. The Labute approximate surface area is 107 Å². The standard InChI is InChI=1S/C14H16N2O2/c1-17-12-7-4-3-6-11(12)10-16-14-13(18-2)8-5-9-15-14/h3-9H,10H2,1-2H3,(H,15,16). The van der Waals surface area contributed by atoms with Crippen molar-refractivity contribution in [3.63, 3.8) is 0 Å². The molecule has 1 heterocycles. The number of hydrogen-bond acceptors (Lipinski definition) is 4. The van der Waals surface area contributed by atoms with Crippen molar-refractivity contribution in [1.29, 1.82) is 0 Å². The third-order valence-electron chi connectivity index (χ3n) is 2.63. The van der Waals surface area contributed by atoms with E-state index in [4.69, 9.17) is 9.47 Å². The molecule has 0 saturated heterocycles. The SMILES string of the molecule is COc1ccccc1CNc1ncccc1OC. The Morgan fingerprint density at radius 3 is 2.50 bits per heavy atom. The first kappa shape index (κ1) is 12.2. The van der Waals surface area contributed by atoms with Gasteiger partial charge in [-0.25, -0.2) is 4.98 Å². The number of methoxy groups -OCH3 is 2. The topological polar surface area (TPSA) is 43.4 Å². The second-order valence-corrected chi connectivity index (χ2v) is 3.72. The van der Waals surface area contributed by atoms with Gasteiger partial charge < -0.3 is 14.8 Å². The van der Waals surface area contributed by atoms with Gasteiger partial charge in [0.2, 0.25) is 0 Å². The van der Waals surface area contributed by atoms with Crippen molar-refractivity contribution in [1.82, 2.24) is 4.98 Å². The number of para-hydroxylation sites is 1. The first-order valence-corrected chi connectivity index (χ1v) is 5.70. The van der Waals surface area contributed by atoms with E-state index in [-0.39, 0.29) is 0 Å². The molecule has 0 aliphatic rings. The number of ether oxygens (including phenoxy) is 2. The highest BCUT2D eigenvalue weighted by Gasteiger charge is 2.05. The van der Waals surface area contributed by atoms with Gasteiger partial charge in [-0.2, -0.15) is 0 Å². The number of anilines is 1. The highest BCUT2D eigenvalue weighted by atomic mass is 16.5. The normalized spacial score (nSPS) is 9.89. The van der Waals surface area contributed by atoms with Gasteiger partial charge in [-0.15, -0.1) is 0 Å². The van der Waals surface area contributed by atoms with Crippen molar-refractivity contribution in [2.75, 3.05) is 19.5 Å². The van der Waals surface area contributed by atoms with Gasteiger partial charge in [-0.05, 0) is 18.2 Å². The van der Waals surface area contributed by atoms with Crippen molar-refractivity contribution < 1.29 is 9.47 Å². The van der Waals surface area contributed by atoms with E-state index in [9.17, 15) is 0 Å². The molecule has 94 valence electrons. The molecular weight excluding hydrogens is 228 g/mol. The molecule has 4 nitrogen and oxygen atoms in total. The van der Waals surface area contributed by atoms with E-state index in [1.54, 1.807) is 20.4 Å². The lowest BCUT2D eigenvalue weighted by atomic mass is 10.2. The molecule has 0 spiro atoms. The lowest BCUT2D eigenvalue weighted by Gasteiger charge is -2.11. The predicted molar refractivity (Wildman–Crippen MR) is 71.1 cm³/mol. The van der Waals surface area contributed by atoms with Gasteiger partial charge in [0.15, 0.2) is 11.6 Å². The van der Waals surface area contributed by atoms with Crippen molar-refractivity contribution >= 4 is 5.82 Å². The Kier molecular flexibility index (Phi) is 4.02. The zero-order valence-corrected chi connectivity index (χ0v) is 10.5. The molecular formula is C14H16N2O2. The van der Waals surface area contributed by atoms with E-state index < -0.39 is 0 Å². The van der Waals surface area contributed by atoms with Crippen LogP contribution in [0.3, 0.4) is 0 Å². The van der Waals surface area contributed by atoms with Gasteiger partial charge in [-0.1, -0.05) is 18.2 Å². The minimum absolute atomic E-state index is 0.636. The predicted octanol–water partition coefficient (Wildman–Crippen LogP) is 2.71. The fourth-order valence-corrected chi connectivity index (χ4v) is 1.72. The maximum atomic E-state index is 5.30. The Balaban J connectivity index is 2.11. The fraction of sp³-hybridized carbons (Fsp3) is 0.214. The van der Waals surface area contributed by atoms with Crippen LogP contribution >= 0.6 is 0 Å². The molecule has 0 unspecified atom stereocenters. The summed E-state index contributed by atoms with van der Waals surface area (Å²) in [5.41, 5.74) is 1.08. The third kappa shape index (κ3) is 2.71. The summed E-state index contributed by atoms with van der Waals surface area (Å²) >= 11 is 0. The van der Waals surface area contributed by atoms with Gasteiger partial charge in [0, 0.05) is 18.3 Å². The number of nitrogens with zero attached hydrogens (tertiary/aromatic N) is 1. The largest absolute Gasteiger partial charge is 0.496 e. The lowest BCUT2D eigenvalue weighted by molar-refractivity contribution is 0.409. The van der Waals surface area contributed by atoms with Crippen LogP contribution in [0.15, 0.2) is 42.6 Å². The summed E-state index contributed by atoms with van der Waals surface area (Å²) in [6.07, 6.45) is 1.73. The first-order valence-electron chi connectivity index (χ1n) is 5.70. The van der Waals surface area contributed by atoms with Crippen LogP contribution in [-0.2, 0) is 6.54 Å². The molecule has 1 N–H and O–H groups in total. The van der Waals surface area contributed by atoms with Crippen LogP contribution in [0, 0.1) is 0 Å². The molecule has 1 aromatic heterocycles. The quantitative estimate of drug-likeness (QED) is 0.878. The molecule has 0 saturated carbocycles. The van der Waals surface area contributed by atoms with E-state index >= 15 is 0 Å². The minimum atomic E-state index is 0.636. The van der Waals surface area contributed by atoms with Crippen LogP contribution in [0.25, 0.3) is 0 Å². The fourth-order valence-electron chi connectivity index (χ4n) is 1.72. The average Bonchev–Trinajstić information content (AvgIpc) is 2.45. The number of benzene rings is 1. The molecule has 0 aliphatic carbocycles. The number of hydrogen-bond donors (Lipinski definition) is 1. The maximum Gasteiger partial charge on any atom is 0.169 e. The number of nitrogens with one attached hydrogen (secondary N) is 1. The molecule has 0 bridgehead atoms. The maximum absolute atomic E-state index is 5.30. The summed E-state index contributed by atoms with van der Waals surface area (Å²) in [6, 6.07) is 11.6. The average molecular weight is 244 g/mol. The van der Waals surface area contributed by atoms with Crippen LogP contribution in [0.5, 0.6) is 11.5 Å². The van der Waals surface area contributed by atoms with E-state index in [1.807, 2.05) is 36.4 Å². The summed E-state index contributed by atoms with van der Waals surface area (Å²) in [5, 5.41) is 3.24. The van der Waals surface area contributed by atoms with Gasteiger partial charge in [0.05, 0.1) is 14.2 Å². The Morgan fingerprint density at radius 2 is 1.72 bits per heavy atom. The van der Waals surface area contributed by atoms with Crippen molar-refractivity contribution in [3.05, 3.63) is 48.2 Å². The van der Waals surface area contributed by atoms with Crippen molar-refractivity contribution in [2.24, 2.45) is 0 Å². The molecule has 1 aromatic carbocycles. The summed E-state index contributed by atoms with van der Waals surface area (Å²) in [4.78, 5) is 4.24. The molecule has 18 heavy (non-hydrogen) atoms. The molecule has 2 aromatic rings. The van der Waals surface area contributed by atoms with E-state index in [1.165, 1.54) is 0 Å². The van der Waals surface area contributed by atoms with E-state index in [0.29, 0.717) is 6.54 Å². The molecule has 0 radical (unpaired) electrons. The molecule has 0 fully saturated rings. The van der Waals surface area contributed by atoms with Crippen molar-refractivity contribution in [2.45, 2.75) is 6.54 Å². The van der Waals surface area contributed by atoms with Crippen LogP contribution in [-0.4, -0.2) is 19.2 Å². The van der Waals surface area contributed by atoms with Crippen LogP contribution < -0.4 is 14.8 Å². The molecule has 0 amide bonds. The number of aromatic nitrogens is 1. The zero-order chi connectivity index (χ0) is 12.8. The smallest absolute Gasteiger partial charge is 0.169 e. The number of rotatable bonds is 5. The summed E-state index contributed by atoms with van der Waals surface area (Å²) < 4.78 is 10.5. The van der Waals surface area contributed by atoms with Gasteiger partial charge >= 0.3 is 0 Å². The second kappa shape index (κ2) is 5.91. The summed E-state index contributed by atoms with van der Waals surface area (Å²) in [6.45, 7) is 0.636. The van der Waals surface area contributed by atoms with Crippen LogP contribution in [0.4, 0.5) is 5.82 Å². The van der Waals surface area contributed by atoms with Gasteiger partial charge in [-0.3, -0.25) is 0 Å². The highest BCUT2D eigenvalue weighted by molar-refractivity contribution is 5.50. The van der Waals surface area contributed by atoms with Crippen LogP contribution in [0.2, 0.25) is 0 Å². The monoisotopic (exact) mass is 244 g/mol. The molecule has 0 aliphatic heterocycles. The molecule has 2 rings (SSSR count). The van der Waals surface area contributed by atoms with E-state index in [2.05, 4.69) is 10.3 Å². The first-order chi connectivity index (χ1) is 8.85. The second-order valence-electron chi connectivity index (χ2n) is 3.72. The Morgan fingerprint density at radius 1 is 1.00 bits per heavy atom. The molecule has 0 atom stereocenters. The Bertz CT molecular complexity index is 467. The highest BCUT2D eigenvalue weighted by Crippen LogP contribution is 2.23.